The Labute approximate surface area is 111 Å². The molecule has 1 unspecified atom stereocenters. The van der Waals surface area contributed by atoms with E-state index in [2.05, 4.69) is 10.2 Å². The highest BCUT2D eigenvalue weighted by Gasteiger charge is 2.33. The first-order chi connectivity index (χ1) is 8.50. The number of likely N-dealkylation sites (N-methyl/N-ethyl adjacent to an activating group) is 2. The van der Waals surface area contributed by atoms with Crippen LogP contribution in [0.4, 0.5) is 0 Å². The van der Waals surface area contributed by atoms with Crippen LogP contribution in [0.15, 0.2) is 0 Å². The maximum Gasteiger partial charge on any atom is 0.326 e. The zero-order valence-electron chi connectivity index (χ0n) is 12.4. The third kappa shape index (κ3) is 6.33. The first kappa shape index (κ1) is 17.4. The molecule has 5 nitrogen and oxygen atoms in total. The van der Waals surface area contributed by atoms with Gasteiger partial charge in [-0.05, 0) is 33.9 Å². The Morgan fingerprint density at radius 2 is 2.00 bits per heavy atom. The van der Waals surface area contributed by atoms with Gasteiger partial charge in [-0.15, -0.1) is 0 Å². The number of rotatable bonds is 10. The maximum absolute atomic E-state index is 12.0. The summed E-state index contributed by atoms with van der Waals surface area (Å²) in [5, 5.41) is 3.22. The predicted octanol–water partition coefficient (Wildman–Crippen LogP) is 0.886. The first-order valence-corrected chi connectivity index (χ1v) is 6.59. The highest BCUT2D eigenvalue weighted by molar-refractivity contribution is 5.80. The van der Waals surface area contributed by atoms with Crippen molar-refractivity contribution < 1.29 is 14.3 Å². The fourth-order valence-electron chi connectivity index (χ4n) is 1.72. The number of ether oxygens (including phenoxy) is 2. The average molecular weight is 260 g/mol. The Balaban J connectivity index is 4.29. The minimum Gasteiger partial charge on any atom is -0.465 e. The van der Waals surface area contributed by atoms with Crippen molar-refractivity contribution in [2.45, 2.75) is 32.7 Å². The molecule has 0 aromatic carbocycles. The number of nitrogens with one attached hydrogen (secondary N) is 1. The lowest BCUT2D eigenvalue weighted by atomic mass is 9.97. The highest BCUT2D eigenvalue weighted by Crippen LogP contribution is 2.13. The van der Waals surface area contributed by atoms with E-state index in [1.54, 1.807) is 7.11 Å². The number of hydrogen-bond donors (Lipinski definition) is 1. The van der Waals surface area contributed by atoms with Gasteiger partial charge in [-0.1, -0.05) is 6.92 Å². The van der Waals surface area contributed by atoms with Crippen LogP contribution in [0, 0.1) is 0 Å². The number of esters is 1. The van der Waals surface area contributed by atoms with Crippen molar-refractivity contribution in [2.24, 2.45) is 0 Å². The summed E-state index contributed by atoms with van der Waals surface area (Å²) in [4.78, 5) is 14.1. The molecule has 0 rings (SSSR count). The Hall–Kier alpha value is -0.650. The van der Waals surface area contributed by atoms with Crippen LogP contribution in [0.2, 0.25) is 0 Å². The molecular weight excluding hydrogens is 232 g/mol. The van der Waals surface area contributed by atoms with Gasteiger partial charge in [-0.3, -0.25) is 4.79 Å². The van der Waals surface area contributed by atoms with Gasteiger partial charge in [0.1, 0.15) is 5.54 Å². The summed E-state index contributed by atoms with van der Waals surface area (Å²) in [6, 6.07) is 0. The van der Waals surface area contributed by atoms with Gasteiger partial charge in [0.15, 0.2) is 0 Å². The fraction of sp³-hybridized carbons (Fsp3) is 0.923. The van der Waals surface area contributed by atoms with Crippen LogP contribution in [0.3, 0.4) is 0 Å². The van der Waals surface area contributed by atoms with Crippen molar-refractivity contribution in [3.63, 3.8) is 0 Å². The van der Waals surface area contributed by atoms with Gasteiger partial charge in [0.2, 0.25) is 0 Å². The smallest absolute Gasteiger partial charge is 0.326 e. The molecule has 0 fully saturated rings. The molecule has 0 radical (unpaired) electrons. The Kier molecular flexibility index (Phi) is 8.97. The van der Waals surface area contributed by atoms with E-state index in [4.69, 9.17) is 9.47 Å². The monoisotopic (exact) mass is 260 g/mol. The first-order valence-electron chi connectivity index (χ1n) is 6.59. The minimum atomic E-state index is -0.605. The zero-order valence-corrected chi connectivity index (χ0v) is 12.4. The molecule has 0 aromatic rings. The second kappa shape index (κ2) is 9.30. The molecule has 0 aliphatic rings. The van der Waals surface area contributed by atoms with Gasteiger partial charge in [0, 0.05) is 20.2 Å². The minimum absolute atomic E-state index is 0.174. The van der Waals surface area contributed by atoms with Gasteiger partial charge >= 0.3 is 5.97 Å². The molecule has 0 aliphatic heterocycles. The van der Waals surface area contributed by atoms with Crippen molar-refractivity contribution in [1.29, 1.82) is 0 Å². The molecule has 0 aliphatic carbocycles. The summed E-state index contributed by atoms with van der Waals surface area (Å²) >= 11 is 0. The molecule has 0 heterocycles. The lowest BCUT2D eigenvalue weighted by molar-refractivity contribution is -0.151. The van der Waals surface area contributed by atoms with E-state index in [9.17, 15) is 4.79 Å². The molecule has 0 spiro atoms. The molecule has 1 atom stereocenters. The van der Waals surface area contributed by atoms with E-state index in [1.165, 1.54) is 0 Å². The summed E-state index contributed by atoms with van der Waals surface area (Å²) < 4.78 is 10.2. The SMILES string of the molecule is CCNC(C)(CCN(C)CCOC)C(=O)OCC. The summed E-state index contributed by atoms with van der Waals surface area (Å²) in [5.74, 6) is -0.174. The Bertz CT molecular complexity index is 236. The summed E-state index contributed by atoms with van der Waals surface area (Å²) in [6.45, 7) is 9.28. The molecule has 1 N–H and O–H groups in total. The van der Waals surface area contributed by atoms with Gasteiger partial charge in [0.25, 0.3) is 0 Å². The van der Waals surface area contributed by atoms with E-state index in [1.807, 2.05) is 27.8 Å². The van der Waals surface area contributed by atoms with Gasteiger partial charge in [0.05, 0.1) is 13.2 Å². The molecule has 0 saturated heterocycles. The predicted molar refractivity (Wildman–Crippen MR) is 72.7 cm³/mol. The van der Waals surface area contributed by atoms with E-state index in [0.717, 1.165) is 26.1 Å². The van der Waals surface area contributed by atoms with Gasteiger partial charge in [-0.2, -0.15) is 0 Å². The quantitative estimate of drug-likeness (QED) is 0.591. The molecule has 0 bridgehead atoms. The molecule has 108 valence electrons. The standard InChI is InChI=1S/C13H28N2O3/c1-6-14-13(3,12(16)18-7-2)8-9-15(4)10-11-17-5/h14H,6-11H2,1-5H3. The van der Waals surface area contributed by atoms with E-state index in [-0.39, 0.29) is 5.97 Å². The van der Waals surface area contributed by atoms with Crippen molar-refractivity contribution in [3.8, 4) is 0 Å². The van der Waals surface area contributed by atoms with Crippen LogP contribution in [-0.4, -0.2) is 63.4 Å². The fourth-order valence-corrected chi connectivity index (χ4v) is 1.72. The lowest BCUT2D eigenvalue weighted by Crippen LogP contribution is -2.52. The molecule has 0 aromatic heterocycles. The van der Waals surface area contributed by atoms with Crippen molar-refractivity contribution in [1.82, 2.24) is 10.2 Å². The molecule has 18 heavy (non-hydrogen) atoms. The van der Waals surface area contributed by atoms with E-state index in [0.29, 0.717) is 13.2 Å². The summed E-state index contributed by atoms with van der Waals surface area (Å²) in [6.07, 6.45) is 0.722. The Morgan fingerprint density at radius 3 is 2.50 bits per heavy atom. The molecular formula is C13H28N2O3. The van der Waals surface area contributed by atoms with Crippen LogP contribution < -0.4 is 5.32 Å². The number of nitrogens with zero attached hydrogens (tertiary/aromatic N) is 1. The second-order valence-electron chi connectivity index (χ2n) is 4.63. The zero-order chi connectivity index (χ0) is 14.0. The summed E-state index contributed by atoms with van der Waals surface area (Å²) in [7, 11) is 3.71. The van der Waals surface area contributed by atoms with Crippen LogP contribution in [0.25, 0.3) is 0 Å². The van der Waals surface area contributed by atoms with Crippen LogP contribution in [-0.2, 0) is 14.3 Å². The third-order valence-corrected chi connectivity index (χ3v) is 2.96. The molecule has 5 heteroatoms. The van der Waals surface area contributed by atoms with Crippen LogP contribution >= 0.6 is 0 Å². The van der Waals surface area contributed by atoms with Crippen LogP contribution in [0.1, 0.15) is 27.2 Å². The highest BCUT2D eigenvalue weighted by atomic mass is 16.5. The summed E-state index contributed by atoms with van der Waals surface area (Å²) in [5.41, 5.74) is -0.605. The Morgan fingerprint density at radius 1 is 1.33 bits per heavy atom. The third-order valence-electron chi connectivity index (χ3n) is 2.96. The van der Waals surface area contributed by atoms with Crippen LogP contribution in [0.5, 0.6) is 0 Å². The topological polar surface area (TPSA) is 50.8 Å². The van der Waals surface area contributed by atoms with Crippen molar-refractivity contribution in [2.75, 3.05) is 47.0 Å². The van der Waals surface area contributed by atoms with E-state index < -0.39 is 5.54 Å². The maximum atomic E-state index is 12.0. The number of carbonyl (C=O) groups is 1. The largest absolute Gasteiger partial charge is 0.465 e. The number of hydrogen-bond acceptors (Lipinski definition) is 5. The number of carbonyl (C=O) groups excluding carboxylic acids is 1. The van der Waals surface area contributed by atoms with Crippen molar-refractivity contribution >= 4 is 5.97 Å². The van der Waals surface area contributed by atoms with Gasteiger partial charge < -0.3 is 19.7 Å². The lowest BCUT2D eigenvalue weighted by Gasteiger charge is -2.30. The van der Waals surface area contributed by atoms with Gasteiger partial charge in [-0.25, -0.2) is 0 Å². The number of methoxy groups -OCH3 is 1. The van der Waals surface area contributed by atoms with E-state index >= 15 is 0 Å². The average Bonchev–Trinajstić information content (AvgIpc) is 2.34. The normalized spacial score (nSPS) is 14.6. The molecule has 0 amide bonds. The van der Waals surface area contributed by atoms with Crippen molar-refractivity contribution in [3.05, 3.63) is 0 Å². The molecule has 0 saturated carbocycles. The second-order valence-corrected chi connectivity index (χ2v) is 4.63.